The minimum atomic E-state index is -0.0244. The van der Waals surface area contributed by atoms with Gasteiger partial charge in [-0.05, 0) is 19.1 Å². The second-order valence-electron chi connectivity index (χ2n) is 2.65. The fraction of sp³-hybridized carbons (Fsp3) is 0.500. The van der Waals surface area contributed by atoms with Crippen LogP contribution in [-0.4, -0.2) is 13.2 Å². The van der Waals surface area contributed by atoms with Crippen LogP contribution in [0.25, 0.3) is 0 Å². The zero-order valence-electron chi connectivity index (χ0n) is 6.46. The Morgan fingerprint density at radius 1 is 1.55 bits per heavy atom. The third-order valence-corrected chi connectivity index (χ3v) is 1.74. The zero-order valence-corrected chi connectivity index (χ0v) is 6.46. The molecule has 1 aliphatic heterocycles. The van der Waals surface area contributed by atoms with Crippen molar-refractivity contribution in [2.75, 3.05) is 13.2 Å². The Kier molecular flexibility index (Phi) is 1.68. The van der Waals surface area contributed by atoms with Crippen LogP contribution >= 0.6 is 0 Å². The third-order valence-electron chi connectivity index (χ3n) is 1.74. The quantitative estimate of drug-likeness (QED) is 0.658. The van der Waals surface area contributed by atoms with E-state index in [1.165, 1.54) is 0 Å². The summed E-state index contributed by atoms with van der Waals surface area (Å²) in [4.78, 5) is 0. The minimum absolute atomic E-state index is 0.0244. The lowest BCUT2D eigenvalue weighted by molar-refractivity contribution is 0.0825. The smallest absolute Gasteiger partial charge is 0.167 e. The van der Waals surface area contributed by atoms with Crippen LogP contribution in [0.3, 0.4) is 0 Å². The molecule has 0 spiro atoms. The Bertz CT molecular complexity index is 238. The number of rotatable bonds is 1. The normalized spacial score (nSPS) is 24.3. The van der Waals surface area contributed by atoms with Crippen molar-refractivity contribution in [3.05, 3.63) is 23.7 Å². The van der Waals surface area contributed by atoms with Gasteiger partial charge in [0, 0.05) is 6.54 Å². The molecule has 2 rings (SSSR count). The first kappa shape index (κ1) is 6.88. The summed E-state index contributed by atoms with van der Waals surface area (Å²) in [5.41, 5.74) is 0. The summed E-state index contributed by atoms with van der Waals surface area (Å²) < 4.78 is 10.7. The molecule has 1 N–H and O–H groups in total. The van der Waals surface area contributed by atoms with E-state index >= 15 is 0 Å². The molecule has 1 aromatic rings. The lowest BCUT2D eigenvalue weighted by atomic mass is 10.4. The van der Waals surface area contributed by atoms with Crippen LogP contribution in [0.1, 0.15) is 17.7 Å². The third kappa shape index (κ3) is 1.29. The highest BCUT2D eigenvalue weighted by atomic mass is 16.5. The van der Waals surface area contributed by atoms with Crippen molar-refractivity contribution < 1.29 is 9.15 Å². The maximum absolute atomic E-state index is 5.38. The first-order valence-electron chi connectivity index (χ1n) is 3.77. The lowest BCUT2D eigenvalue weighted by Gasteiger charge is -2.04. The van der Waals surface area contributed by atoms with Crippen molar-refractivity contribution >= 4 is 0 Å². The molecule has 0 aromatic carbocycles. The molecule has 1 unspecified atom stereocenters. The van der Waals surface area contributed by atoms with Gasteiger partial charge in [0.2, 0.25) is 0 Å². The predicted molar refractivity (Wildman–Crippen MR) is 40.1 cm³/mol. The van der Waals surface area contributed by atoms with E-state index in [1.54, 1.807) is 0 Å². The van der Waals surface area contributed by atoms with Crippen LogP contribution in [-0.2, 0) is 4.74 Å². The molecule has 0 radical (unpaired) electrons. The van der Waals surface area contributed by atoms with E-state index < -0.39 is 0 Å². The van der Waals surface area contributed by atoms with Gasteiger partial charge in [0.1, 0.15) is 11.5 Å². The molecule has 3 nitrogen and oxygen atoms in total. The molecule has 0 aliphatic carbocycles. The summed E-state index contributed by atoms with van der Waals surface area (Å²) in [7, 11) is 0. The number of aryl methyl sites for hydroxylation is 1. The molecular weight excluding hydrogens is 142 g/mol. The average Bonchev–Trinajstić information content (AvgIpc) is 2.55. The maximum Gasteiger partial charge on any atom is 0.167 e. The predicted octanol–water partition coefficient (Wildman–Crippen LogP) is 1.21. The standard InChI is InChI=1S/C8H11NO2/c1-6-2-3-7(11-6)8-9-4-5-10-8/h2-3,8-9H,4-5H2,1H3. The Morgan fingerprint density at radius 3 is 3.00 bits per heavy atom. The summed E-state index contributed by atoms with van der Waals surface area (Å²) in [6.45, 7) is 3.60. The van der Waals surface area contributed by atoms with Crippen molar-refractivity contribution in [2.45, 2.75) is 13.2 Å². The van der Waals surface area contributed by atoms with Crippen LogP contribution in [0, 0.1) is 6.92 Å². The molecule has 0 amide bonds. The molecule has 1 saturated heterocycles. The SMILES string of the molecule is Cc1ccc(C2NCCO2)o1. The van der Waals surface area contributed by atoms with E-state index in [9.17, 15) is 0 Å². The number of ether oxygens (including phenoxy) is 1. The van der Waals surface area contributed by atoms with Crippen LogP contribution in [0.2, 0.25) is 0 Å². The van der Waals surface area contributed by atoms with Gasteiger partial charge in [-0.15, -0.1) is 0 Å². The molecule has 0 bridgehead atoms. The van der Waals surface area contributed by atoms with E-state index in [4.69, 9.17) is 9.15 Å². The number of nitrogens with one attached hydrogen (secondary N) is 1. The van der Waals surface area contributed by atoms with Gasteiger partial charge < -0.3 is 9.15 Å². The molecule has 60 valence electrons. The molecule has 11 heavy (non-hydrogen) atoms. The fourth-order valence-electron chi connectivity index (χ4n) is 1.20. The van der Waals surface area contributed by atoms with E-state index in [0.717, 1.165) is 24.7 Å². The summed E-state index contributed by atoms with van der Waals surface area (Å²) in [6, 6.07) is 3.89. The first-order valence-corrected chi connectivity index (χ1v) is 3.77. The van der Waals surface area contributed by atoms with Gasteiger partial charge in [-0.3, -0.25) is 5.32 Å². The van der Waals surface area contributed by atoms with Gasteiger partial charge in [-0.25, -0.2) is 0 Å². The largest absolute Gasteiger partial charge is 0.462 e. The molecule has 3 heteroatoms. The first-order chi connectivity index (χ1) is 5.36. The number of hydrogen-bond donors (Lipinski definition) is 1. The van der Waals surface area contributed by atoms with Crippen LogP contribution in [0.5, 0.6) is 0 Å². The van der Waals surface area contributed by atoms with Crippen LogP contribution in [0.15, 0.2) is 16.5 Å². The highest BCUT2D eigenvalue weighted by Crippen LogP contribution is 2.19. The molecular formula is C8H11NO2. The van der Waals surface area contributed by atoms with Crippen molar-refractivity contribution in [3.63, 3.8) is 0 Å². The van der Waals surface area contributed by atoms with E-state index in [0.29, 0.717) is 0 Å². The minimum Gasteiger partial charge on any atom is -0.462 e. The molecule has 1 fully saturated rings. The zero-order chi connectivity index (χ0) is 7.68. The van der Waals surface area contributed by atoms with Gasteiger partial charge in [-0.1, -0.05) is 0 Å². The van der Waals surface area contributed by atoms with Crippen molar-refractivity contribution in [2.24, 2.45) is 0 Å². The Balaban J connectivity index is 2.15. The van der Waals surface area contributed by atoms with E-state index in [1.807, 2.05) is 19.1 Å². The summed E-state index contributed by atoms with van der Waals surface area (Å²) in [5.74, 6) is 1.80. The Morgan fingerprint density at radius 2 is 2.45 bits per heavy atom. The molecule has 1 aromatic heterocycles. The van der Waals surface area contributed by atoms with E-state index in [-0.39, 0.29) is 6.23 Å². The monoisotopic (exact) mass is 153 g/mol. The van der Waals surface area contributed by atoms with Crippen LogP contribution in [0.4, 0.5) is 0 Å². The molecule has 2 heterocycles. The second-order valence-corrected chi connectivity index (χ2v) is 2.65. The Labute approximate surface area is 65.3 Å². The van der Waals surface area contributed by atoms with Gasteiger partial charge in [0.25, 0.3) is 0 Å². The van der Waals surface area contributed by atoms with Crippen molar-refractivity contribution in [3.8, 4) is 0 Å². The van der Waals surface area contributed by atoms with E-state index in [2.05, 4.69) is 5.32 Å². The van der Waals surface area contributed by atoms with Crippen molar-refractivity contribution in [1.29, 1.82) is 0 Å². The van der Waals surface area contributed by atoms with Gasteiger partial charge in [-0.2, -0.15) is 0 Å². The van der Waals surface area contributed by atoms with Gasteiger partial charge >= 0.3 is 0 Å². The average molecular weight is 153 g/mol. The molecule has 0 saturated carbocycles. The van der Waals surface area contributed by atoms with Crippen LogP contribution < -0.4 is 5.32 Å². The highest BCUT2D eigenvalue weighted by molar-refractivity contribution is 5.08. The van der Waals surface area contributed by atoms with Gasteiger partial charge in [0.15, 0.2) is 6.23 Å². The molecule has 1 atom stereocenters. The topological polar surface area (TPSA) is 34.4 Å². The summed E-state index contributed by atoms with van der Waals surface area (Å²) in [5, 5.41) is 3.17. The number of hydrogen-bond acceptors (Lipinski definition) is 3. The maximum atomic E-state index is 5.38. The highest BCUT2D eigenvalue weighted by Gasteiger charge is 2.19. The van der Waals surface area contributed by atoms with Gasteiger partial charge in [0.05, 0.1) is 6.61 Å². The Hall–Kier alpha value is -0.800. The molecule has 1 aliphatic rings. The van der Waals surface area contributed by atoms with Crippen molar-refractivity contribution in [1.82, 2.24) is 5.32 Å². The fourth-order valence-corrected chi connectivity index (χ4v) is 1.20. The number of furan rings is 1. The summed E-state index contributed by atoms with van der Waals surface area (Å²) >= 11 is 0. The second kappa shape index (κ2) is 2.68. The lowest BCUT2D eigenvalue weighted by Crippen LogP contribution is -2.12. The summed E-state index contributed by atoms with van der Waals surface area (Å²) in [6.07, 6.45) is -0.0244.